The molecule has 2 atom stereocenters. The van der Waals surface area contributed by atoms with Crippen LogP contribution >= 0.6 is 11.6 Å². The van der Waals surface area contributed by atoms with Crippen LogP contribution in [0.5, 0.6) is 0 Å². The lowest BCUT2D eigenvalue weighted by molar-refractivity contribution is 0.167. The molecule has 2 unspecified atom stereocenters. The Morgan fingerprint density at radius 2 is 2.33 bits per heavy atom. The van der Waals surface area contributed by atoms with E-state index in [-0.39, 0.29) is 12.0 Å². The van der Waals surface area contributed by atoms with Crippen LogP contribution in [0.1, 0.15) is 25.3 Å². The summed E-state index contributed by atoms with van der Waals surface area (Å²) in [4.78, 5) is 2.26. The molecule has 0 amide bonds. The molecule has 15 heavy (non-hydrogen) atoms. The minimum atomic E-state index is -0.347. The molecule has 1 aliphatic heterocycles. The fraction of sp³-hybridized carbons (Fsp3) is 0.500. The molecule has 0 saturated carbocycles. The van der Waals surface area contributed by atoms with Gasteiger partial charge in [-0.15, -0.1) is 0 Å². The summed E-state index contributed by atoms with van der Waals surface area (Å²) in [7, 11) is 0. The molecule has 0 aromatic heterocycles. The zero-order valence-electron chi connectivity index (χ0n) is 9.07. The summed E-state index contributed by atoms with van der Waals surface area (Å²) in [5.41, 5.74) is 2.28. The second-order valence-electron chi connectivity index (χ2n) is 4.06. The maximum absolute atomic E-state index is 9.75. The van der Waals surface area contributed by atoms with Crippen molar-refractivity contribution in [1.29, 1.82) is 0 Å². The number of fused-ring (bicyclic) bond motifs is 1. The average molecular weight is 226 g/mol. The van der Waals surface area contributed by atoms with Gasteiger partial charge >= 0.3 is 0 Å². The van der Waals surface area contributed by atoms with Gasteiger partial charge in [0, 0.05) is 35.3 Å². The van der Waals surface area contributed by atoms with E-state index in [1.807, 2.05) is 19.1 Å². The van der Waals surface area contributed by atoms with Crippen molar-refractivity contribution in [3.8, 4) is 0 Å². The first-order valence-corrected chi connectivity index (χ1v) is 5.74. The number of nitrogens with zero attached hydrogens (tertiary/aromatic N) is 1. The van der Waals surface area contributed by atoms with Gasteiger partial charge in [0.05, 0.1) is 6.10 Å². The minimum absolute atomic E-state index is 0.147. The lowest BCUT2D eigenvalue weighted by Gasteiger charge is -2.17. The highest BCUT2D eigenvalue weighted by Crippen LogP contribution is 2.41. The third kappa shape index (κ3) is 1.72. The molecule has 1 aromatic carbocycles. The summed E-state index contributed by atoms with van der Waals surface area (Å²) in [6.07, 6.45) is -0.347. The summed E-state index contributed by atoms with van der Waals surface area (Å²) >= 11 is 6.19. The zero-order valence-corrected chi connectivity index (χ0v) is 9.83. The smallest absolute Gasteiger partial charge is 0.0598 e. The maximum Gasteiger partial charge on any atom is 0.0598 e. The van der Waals surface area contributed by atoms with Crippen LogP contribution in [0.4, 0.5) is 5.69 Å². The second kappa shape index (κ2) is 4.03. The van der Waals surface area contributed by atoms with E-state index >= 15 is 0 Å². The van der Waals surface area contributed by atoms with Crippen molar-refractivity contribution in [3.63, 3.8) is 0 Å². The minimum Gasteiger partial charge on any atom is -0.393 e. The molecule has 2 nitrogen and oxygen atoms in total. The fourth-order valence-electron chi connectivity index (χ4n) is 2.29. The van der Waals surface area contributed by atoms with E-state index in [0.717, 1.165) is 23.7 Å². The van der Waals surface area contributed by atoms with Gasteiger partial charge in [0.1, 0.15) is 0 Å². The molecule has 0 fully saturated rings. The van der Waals surface area contributed by atoms with Gasteiger partial charge in [-0.05, 0) is 26.0 Å². The van der Waals surface area contributed by atoms with Crippen molar-refractivity contribution in [2.75, 3.05) is 18.0 Å². The van der Waals surface area contributed by atoms with Crippen LogP contribution in [0, 0.1) is 0 Å². The number of hydrogen-bond donors (Lipinski definition) is 1. The molecule has 0 aliphatic carbocycles. The van der Waals surface area contributed by atoms with E-state index in [1.54, 1.807) is 0 Å². The Morgan fingerprint density at radius 1 is 1.60 bits per heavy atom. The van der Waals surface area contributed by atoms with Gasteiger partial charge in [-0.1, -0.05) is 17.7 Å². The summed E-state index contributed by atoms with van der Waals surface area (Å²) in [6, 6.07) is 5.94. The summed E-state index contributed by atoms with van der Waals surface area (Å²) in [5, 5.41) is 10.5. The number of likely N-dealkylation sites (N-methyl/N-ethyl adjacent to an activating group) is 1. The van der Waals surface area contributed by atoms with Crippen LogP contribution < -0.4 is 4.90 Å². The topological polar surface area (TPSA) is 23.5 Å². The van der Waals surface area contributed by atoms with Gasteiger partial charge in [-0.2, -0.15) is 0 Å². The zero-order chi connectivity index (χ0) is 11.0. The Balaban J connectivity index is 2.48. The number of benzene rings is 1. The number of anilines is 1. The van der Waals surface area contributed by atoms with Crippen LogP contribution in [0.2, 0.25) is 5.02 Å². The lowest BCUT2D eigenvalue weighted by Crippen LogP contribution is -2.25. The Kier molecular flexibility index (Phi) is 2.89. The number of hydrogen-bond acceptors (Lipinski definition) is 2. The number of aliphatic hydroxyl groups is 1. The molecule has 0 bridgehead atoms. The van der Waals surface area contributed by atoms with Crippen LogP contribution in [0.3, 0.4) is 0 Å². The first-order chi connectivity index (χ1) is 7.15. The molecule has 0 saturated heterocycles. The molecule has 1 N–H and O–H groups in total. The van der Waals surface area contributed by atoms with Crippen molar-refractivity contribution in [2.24, 2.45) is 0 Å². The van der Waals surface area contributed by atoms with Gasteiger partial charge in [0.2, 0.25) is 0 Å². The third-order valence-corrected chi connectivity index (χ3v) is 3.45. The standard InChI is InChI=1S/C12H16ClNO/c1-3-14-7-9(8(2)15)12-10(13)5-4-6-11(12)14/h4-6,8-9,15H,3,7H2,1-2H3. The largest absolute Gasteiger partial charge is 0.393 e. The van der Waals surface area contributed by atoms with Crippen LogP contribution in [-0.2, 0) is 0 Å². The monoisotopic (exact) mass is 225 g/mol. The predicted molar refractivity (Wildman–Crippen MR) is 63.8 cm³/mol. The summed E-state index contributed by atoms with van der Waals surface area (Å²) in [6.45, 7) is 5.77. The Bertz CT molecular complexity index is 365. The molecule has 1 aromatic rings. The normalized spacial score (nSPS) is 21.6. The molecule has 1 heterocycles. The quantitative estimate of drug-likeness (QED) is 0.837. The van der Waals surface area contributed by atoms with E-state index < -0.39 is 0 Å². The molecule has 1 aliphatic rings. The van der Waals surface area contributed by atoms with Crippen molar-refractivity contribution in [1.82, 2.24) is 0 Å². The Hall–Kier alpha value is -0.730. The Morgan fingerprint density at radius 3 is 2.93 bits per heavy atom. The number of aliphatic hydroxyl groups excluding tert-OH is 1. The molecule has 2 rings (SSSR count). The van der Waals surface area contributed by atoms with E-state index in [4.69, 9.17) is 11.6 Å². The molecule has 0 spiro atoms. The van der Waals surface area contributed by atoms with Crippen LogP contribution in [-0.4, -0.2) is 24.3 Å². The maximum atomic E-state index is 9.75. The van der Waals surface area contributed by atoms with E-state index in [2.05, 4.69) is 17.9 Å². The van der Waals surface area contributed by atoms with Crippen molar-refractivity contribution in [2.45, 2.75) is 25.9 Å². The molecular formula is C12H16ClNO. The number of halogens is 1. The van der Waals surface area contributed by atoms with E-state index in [9.17, 15) is 5.11 Å². The highest BCUT2D eigenvalue weighted by molar-refractivity contribution is 6.32. The van der Waals surface area contributed by atoms with Crippen molar-refractivity contribution in [3.05, 3.63) is 28.8 Å². The predicted octanol–water partition coefficient (Wildman–Crippen LogP) is 2.64. The Labute approximate surface area is 95.5 Å². The summed E-state index contributed by atoms with van der Waals surface area (Å²) in [5.74, 6) is 0.147. The first kappa shape index (κ1) is 10.8. The van der Waals surface area contributed by atoms with Crippen LogP contribution in [0.15, 0.2) is 18.2 Å². The van der Waals surface area contributed by atoms with E-state index in [1.165, 1.54) is 5.69 Å². The molecular weight excluding hydrogens is 210 g/mol. The SMILES string of the molecule is CCN1CC(C(C)O)c2c(Cl)cccc21. The highest BCUT2D eigenvalue weighted by Gasteiger charge is 2.32. The van der Waals surface area contributed by atoms with Crippen molar-refractivity contribution >= 4 is 17.3 Å². The molecule has 3 heteroatoms. The van der Waals surface area contributed by atoms with Crippen LogP contribution in [0.25, 0.3) is 0 Å². The first-order valence-electron chi connectivity index (χ1n) is 5.36. The van der Waals surface area contributed by atoms with Gasteiger partial charge in [-0.25, -0.2) is 0 Å². The molecule has 0 radical (unpaired) electrons. The average Bonchev–Trinajstić information content (AvgIpc) is 2.58. The lowest BCUT2D eigenvalue weighted by atomic mass is 9.96. The summed E-state index contributed by atoms with van der Waals surface area (Å²) < 4.78 is 0. The van der Waals surface area contributed by atoms with Gasteiger partial charge in [0.25, 0.3) is 0 Å². The van der Waals surface area contributed by atoms with Gasteiger partial charge in [0.15, 0.2) is 0 Å². The highest BCUT2D eigenvalue weighted by atomic mass is 35.5. The fourth-order valence-corrected chi connectivity index (χ4v) is 2.60. The number of rotatable bonds is 2. The second-order valence-corrected chi connectivity index (χ2v) is 4.47. The van der Waals surface area contributed by atoms with E-state index in [0.29, 0.717) is 0 Å². The van der Waals surface area contributed by atoms with Crippen molar-refractivity contribution < 1.29 is 5.11 Å². The van der Waals surface area contributed by atoms with Gasteiger partial charge < -0.3 is 10.0 Å². The van der Waals surface area contributed by atoms with Gasteiger partial charge in [-0.3, -0.25) is 0 Å². The molecule has 82 valence electrons. The third-order valence-electron chi connectivity index (χ3n) is 3.12.